The molecular weight excluding hydrogens is 503 g/mol. The second kappa shape index (κ2) is 10.1. The molecule has 0 aliphatic rings. The maximum atomic E-state index is 15.3. The molecule has 0 aliphatic carbocycles. The zero-order valence-electron chi connectivity index (χ0n) is 21.9. The summed E-state index contributed by atoms with van der Waals surface area (Å²) in [5.41, 5.74) is 4.73. The molecule has 0 atom stereocenters. The highest BCUT2D eigenvalue weighted by molar-refractivity contribution is 7.85. The Kier molecular flexibility index (Phi) is 6.16. The molecule has 0 saturated carbocycles. The third kappa shape index (κ3) is 4.35. The topological polar surface area (TPSA) is 17.1 Å². The zero-order chi connectivity index (χ0) is 26.9. The van der Waals surface area contributed by atoms with Gasteiger partial charge in [-0.05, 0) is 68.1 Å². The Hall–Kier alpha value is -4.71. The lowest BCUT2D eigenvalue weighted by atomic mass is 10.0. The van der Waals surface area contributed by atoms with Crippen molar-refractivity contribution >= 4 is 44.6 Å². The summed E-state index contributed by atoms with van der Waals surface area (Å²) in [6, 6.07) is 56.3. The van der Waals surface area contributed by atoms with Gasteiger partial charge in [-0.1, -0.05) is 140 Å². The summed E-state index contributed by atoms with van der Waals surface area (Å²) >= 11 is 0. The molecule has 0 unspecified atom stereocenters. The van der Waals surface area contributed by atoms with E-state index in [-0.39, 0.29) is 0 Å². The molecule has 0 spiro atoms. The first-order chi connectivity index (χ1) is 19.7. The van der Waals surface area contributed by atoms with Crippen LogP contribution < -0.4 is 15.9 Å². The van der Waals surface area contributed by atoms with Crippen molar-refractivity contribution in [3.63, 3.8) is 0 Å². The standard InChI is InChI=1S/C38H27OP/c39-40(36-14-8-3-9-15-36,37-22-20-32-24-30(16-18-34(32)26-37)28-10-4-1-5-11-28)38-23-21-33-25-31(17-19-35(33)27-38)29-12-6-2-7-13-29/h1-27H. The van der Waals surface area contributed by atoms with Gasteiger partial charge >= 0.3 is 0 Å². The minimum absolute atomic E-state index is 0.843. The molecule has 7 rings (SSSR count). The van der Waals surface area contributed by atoms with Crippen molar-refractivity contribution in [1.29, 1.82) is 0 Å². The van der Waals surface area contributed by atoms with Crippen molar-refractivity contribution in [2.45, 2.75) is 0 Å². The molecule has 0 radical (unpaired) electrons. The molecular formula is C38H27OP. The van der Waals surface area contributed by atoms with E-state index in [2.05, 4.69) is 109 Å². The van der Waals surface area contributed by atoms with Crippen LogP contribution in [0.2, 0.25) is 0 Å². The molecule has 0 heterocycles. The van der Waals surface area contributed by atoms with E-state index >= 15 is 4.57 Å². The number of rotatable bonds is 5. The van der Waals surface area contributed by atoms with Crippen molar-refractivity contribution in [2.75, 3.05) is 0 Å². The van der Waals surface area contributed by atoms with Crippen LogP contribution in [-0.2, 0) is 4.57 Å². The highest BCUT2D eigenvalue weighted by atomic mass is 31.2. The molecule has 0 bridgehead atoms. The Morgan fingerprint density at radius 1 is 0.300 bits per heavy atom. The normalized spacial score (nSPS) is 11.6. The lowest BCUT2D eigenvalue weighted by molar-refractivity contribution is 0.592. The third-order valence-corrected chi connectivity index (χ3v) is 10.7. The van der Waals surface area contributed by atoms with Gasteiger partial charge in [0.2, 0.25) is 0 Å². The van der Waals surface area contributed by atoms with Crippen molar-refractivity contribution in [1.82, 2.24) is 0 Å². The van der Waals surface area contributed by atoms with Crippen LogP contribution in [0, 0.1) is 0 Å². The molecule has 0 saturated heterocycles. The maximum Gasteiger partial charge on any atom is 0.171 e. The summed E-state index contributed by atoms with van der Waals surface area (Å²) in [5.74, 6) is 0. The molecule has 7 aromatic carbocycles. The molecule has 0 amide bonds. The smallest absolute Gasteiger partial charge is 0.171 e. The lowest BCUT2D eigenvalue weighted by Crippen LogP contribution is -2.25. The SMILES string of the molecule is O=P(c1ccccc1)(c1ccc2cc(-c3ccccc3)ccc2c1)c1ccc2cc(-c3ccccc3)ccc2c1. The van der Waals surface area contributed by atoms with Crippen molar-refractivity contribution < 1.29 is 4.57 Å². The monoisotopic (exact) mass is 530 g/mol. The fourth-order valence-corrected chi connectivity index (χ4v) is 8.26. The second-order valence-corrected chi connectivity index (χ2v) is 12.9. The molecule has 0 N–H and O–H groups in total. The van der Waals surface area contributed by atoms with Crippen LogP contribution in [0.4, 0.5) is 0 Å². The summed E-state index contributed by atoms with van der Waals surface area (Å²) in [6.07, 6.45) is 0. The number of benzene rings is 7. The van der Waals surface area contributed by atoms with E-state index in [1.807, 2.05) is 54.6 Å². The fourth-order valence-electron chi connectivity index (χ4n) is 5.56. The summed E-state index contributed by atoms with van der Waals surface area (Å²) in [4.78, 5) is 0. The van der Waals surface area contributed by atoms with Gasteiger partial charge in [0.1, 0.15) is 0 Å². The van der Waals surface area contributed by atoms with E-state index in [1.165, 1.54) is 22.3 Å². The molecule has 7 aromatic rings. The van der Waals surface area contributed by atoms with Crippen LogP contribution >= 0.6 is 7.14 Å². The second-order valence-electron chi connectivity index (χ2n) is 10.2. The van der Waals surface area contributed by atoms with Gasteiger partial charge in [0.25, 0.3) is 0 Å². The summed E-state index contributed by atoms with van der Waals surface area (Å²) in [7, 11) is -3.12. The van der Waals surface area contributed by atoms with Crippen molar-refractivity contribution in [3.05, 3.63) is 164 Å². The fraction of sp³-hybridized carbons (Fsp3) is 0. The van der Waals surface area contributed by atoms with E-state index in [4.69, 9.17) is 0 Å². The highest BCUT2D eigenvalue weighted by Gasteiger charge is 2.30. The van der Waals surface area contributed by atoms with Crippen molar-refractivity contribution in [2.24, 2.45) is 0 Å². The van der Waals surface area contributed by atoms with Gasteiger partial charge in [-0.15, -0.1) is 0 Å². The Labute approximate surface area is 234 Å². The van der Waals surface area contributed by atoms with Gasteiger partial charge in [-0.2, -0.15) is 0 Å². The molecule has 190 valence electrons. The molecule has 2 heteroatoms. The first-order valence-electron chi connectivity index (χ1n) is 13.5. The van der Waals surface area contributed by atoms with E-state index in [0.29, 0.717) is 0 Å². The van der Waals surface area contributed by atoms with Gasteiger partial charge in [0, 0.05) is 15.9 Å². The minimum Gasteiger partial charge on any atom is -0.309 e. The van der Waals surface area contributed by atoms with Gasteiger partial charge in [-0.3, -0.25) is 0 Å². The van der Waals surface area contributed by atoms with Crippen LogP contribution in [0.5, 0.6) is 0 Å². The summed E-state index contributed by atoms with van der Waals surface area (Å²) in [6.45, 7) is 0. The van der Waals surface area contributed by atoms with Gasteiger partial charge in [0.05, 0.1) is 0 Å². The summed E-state index contributed by atoms with van der Waals surface area (Å²) in [5, 5.41) is 6.98. The lowest BCUT2D eigenvalue weighted by Gasteiger charge is -2.21. The van der Waals surface area contributed by atoms with E-state index < -0.39 is 7.14 Å². The van der Waals surface area contributed by atoms with Gasteiger partial charge in [-0.25, -0.2) is 0 Å². The quantitative estimate of drug-likeness (QED) is 0.203. The van der Waals surface area contributed by atoms with Crippen molar-refractivity contribution in [3.8, 4) is 22.3 Å². The Bertz CT molecular complexity index is 1890. The van der Waals surface area contributed by atoms with Crippen LogP contribution in [0.15, 0.2) is 164 Å². The Morgan fingerprint density at radius 3 is 1.12 bits per heavy atom. The molecule has 0 aromatic heterocycles. The van der Waals surface area contributed by atoms with Gasteiger partial charge < -0.3 is 4.57 Å². The average molecular weight is 531 g/mol. The molecule has 40 heavy (non-hydrogen) atoms. The van der Waals surface area contributed by atoms with Crippen LogP contribution in [0.3, 0.4) is 0 Å². The first-order valence-corrected chi connectivity index (χ1v) is 15.2. The van der Waals surface area contributed by atoms with Crippen LogP contribution in [0.25, 0.3) is 43.8 Å². The van der Waals surface area contributed by atoms with E-state index in [1.54, 1.807) is 0 Å². The number of fused-ring (bicyclic) bond motifs is 2. The van der Waals surface area contributed by atoms with Crippen LogP contribution in [0.1, 0.15) is 0 Å². The zero-order valence-corrected chi connectivity index (χ0v) is 22.8. The number of hydrogen-bond donors (Lipinski definition) is 0. The first kappa shape index (κ1) is 24.3. The number of hydrogen-bond acceptors (Lipinski definition) is 1. The van der Waals surface area contributed by atoms with E-state index in [9.17, 15) is 0 Å². The Balaban J connectivity index is 1.35. The highest BCUT2D eigenvalue weighted by Crippen LogP contribution is 2.44. The average Bonchev–Trinajstić information content (AvgIpc) is 3.04. The largest absolute Gasteiger partial charge is 0.309 e. The Morgan fingerprint density at radius 2 is 0.675 bits per heavy atom. The predicted molar refractivity (Wildman–Crippen MR) is 172 cm³/mol. The molecule has 0 fully saturated rings. The molecule has 1 nitrogen and oxygen atoms in total. The minimum atomic E-state index is -3.12. The predicted octanol–water partition coefficient (Wildman–Crippen LogP) is 8.97. The van der Waals surface area contributed by atoms with Crippen LogP contribution in [-0.4, -0.2) is 0 Å². The third-order valence-electron chi connectivity index (χ3n) is 7.71. The maximum absolute atomic E-state index is 15.3. The van der Waals surface area contributed by atoms with E-state index in [0.717, 1.165) is 37.5 Å². The van der Waals surface area contributed by atoms with Gasteiger partial charge in [0.15, 0.2) is 7.14 Å². The summed E-state index contributed by atoms with van der Waals surface area (Å²) < 4.78 is 15.3. The molecule has 0 aliphatic heterocycles.